The summed E-state index contributed by atoms with van der Waals surface area (Å²) < 4.78 is 5.19. The second-order valence-electron chi connectivity index (χ2n) is 5.61. The molecule has 5 nitrogen and oxygen atoms in total. The molecular formula is C18H18N2O3. The Kier molecular flexibility index (Phi) is 4.02. The molecule has 1 amide bonds. The van der Waals surface area contributed by atoms with Gasteiger partial charge in [0.05, 0.1) is 12.2 Å². The summed E-state index contributed by atoms with van der Waals surface area (Å²) >= 11 is 0. The first-order chi connectivity index (χ1) is 11.0. The first-order valence-corrected chi connectivity index (χ1v) is 7.45. The van der Waals surface area contributed by atoms with Crippen LogP contribution in [0.4, 0.5) is 11.4 Å². The molecule has 0 spiro atoms. The van der Waals surface area contributed by atoms with Gasteiger partial charge in [0.15, 0.2) is 5.75 Å². The summed E-state index contributed by atoms with van der Waals surface area (Å²) in [6, 6.07) is 13.1. The van der Waals surface area contributed by atoms with Gasteiger partial charge in [0.2, 0.25) is 5.91 Å². The Morgan fingerprint density at radius 1 is 1.13 bits per heavy atom. The molecule has 1 heterocycles. The molecule has 0 aromatic heterocycles. The number of anilines is 2. The number of hydrogen-bond acceptors (Lipinski definition) is 4. The SMILES string of the molecule is Cc1cccc(C)c1NC(=O)CN1CC(=O)Oc2ccccc21. The van der Waals surface area contributed by atoms with Crippen LogP contribution in [0.15, 0.2) is 42.5 Å². The topological polar surface area (TPSA) is 58.6 Å². The maximum Gasteiger partial charge on any atom is 0.331 e. The molecule has 0 unspecified atom stereocenters. The Morgan fingerprint density at radius 3 is 2.57 bits per heavy atom. The summed E-state index contributed by atoms with van der Waals surface area (Å²) in [5, 5.41) is 2.94. The van der Waals surface area contributed by atoms with Crippen molar-refractivity contribution in [2.45, 2.75) is 13.8 Å². The molecule has 0 atom stereocenters. The van der Waals surface area contributed by atoms with Gasteiger partial charge in [-0.2, -0.15) is 0 Å². The molecule has 2 aromatic rings. The van der Waals surface area contributed by atoms with E-state index in [1.807, 2.05) is 44.2 Å². The second kappa shape index (κ2) is 6.12. The molecule has 23 heavy (non-hydrogen) atoms. The van der Waals surface area contributed by atoms with Crippen LogP contribution >= 0.6 is 0 Å². The van der Waals surface area contributed by atoms with Crippen LogP contribution in [0, 0.1) is 13.8 Å². The maximum atomic E-state index is 12.4. The highest BCUT2D eigenvalue weighted by atomic mass is 16.5. The lowest BCUT2D eigenvalue weighted by Gasteiger charge is -2.29. The fourth-order valence-electron chi connectivity index (χ4n) is 2.71. The first kappa shape index (κ1) is 15.1. The highest BCUT2D eigenvalue weighted by Gasteiger charge is 2.25. The number of carbonyl (C=O) groups excluding carboxylic acids is 2. The normalized spacial score (nSPS) is 13.3. The van der Waals surface area contributed by atoms with Crippen LogP contribution in [-0.2, 0) is 9.59 Å². The number of aryl methyl sites for hydroxylation is 2. The number of ether oxygens (including phenoxy) is 1. The van der Waals surface area contributed by atoms with Crippen molar-refractivity contribution in [2.75, 3.05) is 23.3 Å². The second-order valence-corrected chi connectivity index (χ2v) is 5.61. The summed E-state index contributed by atoms with van der Waals surface area (Å²) in [7, 11) is 0. The number of benzene rings is 2. The largest absolute Gasteiger partial charge is 0.423 e. The lowest BCUT2D eigenvalue weighted by atomic mass is 10.1. The molecule has 2 aromatic carbocycles. The number of nitrogens with zero attached hydrogens (tertiary/aromatic N) is 1. The fraction of sp³-hybridized carbons (Fsp3) is 0.222. The summed E-state index contributed by atoms with van der Waals surface area (Å²) in [5.41, 5.74) is 3.60. The van der Waals surface area contributed by atoms with Crippen molar-refractivity contribution >= 4 is 23.3 Å². The monoisotopic (exact) mass is 310 g/mol. The Hall–Kier alpha value is -2.82. The standard InChI is InChI=1S/C18H18N2O3/c1-12-6-5-7-13(2)18(12)19-16(21)10-20-11-17(22)23-15-9-4-3-8-14(15)20/h3-9H,10-11H2,1-2H3,(H,19,21). The Bertz CT molecular complexity index is 750. The number of rotatable bonds is 3. The van der Waals surface area contributed by atoms with E-state index in [9.17, 15) is 9.59 Å². The molecule has 118 valence electrons. The number of para-hydroxylation sites is 3. The summed E-state index contributed by atoms with van der Waals surface area (Å²) in [6.45, 7) is 4.07. The smallest absolute Gasteiger partial charge is 0.331 e. The predicted molar refractivity (Wildman–Crippen MR) is 88.8 cm³/mol. The van der Waals surface area contributed by atoms with Gasteiger partial charge in [0.25, 0.3) is 0 Å². The minimum atomic E-state index is -0.358. The zero-order valence-electron chi connectivity index (χ0n) is 13.1. The number of esters is 1. The van der Waals surface area contributed by atoms with Gasteiger partial charge in [0.1, 0.15) is 6.54 Å². The van der Waals surface area contributed by atoms with E-state index in [0.29, 0.717) is 5.75 Å². The van der Waals surface area contributed by atoms with Crippen molar-refractivity contribution in [3.05, 3.63) is 53.6 Å². The van der Waals surface area contributed by atoms with E-state index in [-0.39, 0.29) is 25.0 Å². The average Bonchev–Trinajstić information content (AvgIpc) is 2.51. The van der Waals surface area contributed by atoms with Gasteiger partial charge in [-0.25, -0.2) is 4.79 Å². The van der Waals surface area contributed by atoms with Crippen molar-refractivity contribution < 1.29 is 14.3 Å². The Morgan fingerprint density at radius 2 is 1.83 bits per heavy atom. The van der Waals surface area contributed by atoms with Crippen LogP contribution in [-0.4, -0.2) is 25.0 Å². The third-order valence-corrected chi connectivity index (χ3v) is 3.83. The highest BCUT2D eigenvalue weighted by Crippen LogP contribution is 2.31. The van der Waals surface area contributed by atoms with Crippen molar-refractivity contribution in [1.29, 1.82) is 0 Å². The Balaban J connectivity index is 1.77. The number of fused-ring (bicyclic) bond motifs is 1. The average molecular weight is 310 g/mol. The molecule has 0 bridgehead atoms. The molecule has 3 rings (SSSR count). The zero-order valence-corrected chi connectivity index (χ0v) is 13.1. The van der Waals surface area contributed by atoms with E-state index in [1.165, 1.54) is 0 Å². The predicted octanol–water partition coefficient (Wildman–Crippen LogP) is 2.67. The molecule has 1 aliphatic heterocycles. The highest BCUT2D eigenvalue weighted by molar-refractivity contribution is 5.97. The molecule has 0 saturated carbocycles. The molecular weight excluding hydrogens is 292 g/mol. The number of nitrogens with one attached hydrogen (secondary N) is 1. The molecule has 5 heteroatoms. The van der Waals surface area contributed by atoms with Gasteiger partial charge in [-0.05, 0) is 37.1 Å². The number of amides is 1. The minimum absolute atomic E-state index is 0.0667. The zero-order chi connectivity index (χ0) is 16.4. The van der Waals surface area contributed by atoms with Crippen LogP contribution in [0.5, 0.6) is 5.75 Å². The summed E-state index contributed by atoms with van der Waals surface area (Å²) in [5.74, 6) is -0.0286. The number of hydrogen-bond donors (Lipinski definition) is 1. The molecule has 1 N–H and O–H groups in total. The van der Waals surface area contributed by atoms with Gasteiger partial charge in [0, 0.05) is 5.69 Å². The van der Waals surface area contributed by atoms with Crippen molar-refractivity contribution in [2.24, 2.45) is 0 Å². The first-order valence-electron chi connectivity index (χ1n) is 7.45. The third-order valence-electron chi connectivity index (χ3n) is 3.83. The van der Waals surface area contributed by atoms with Gasteiger partial charge in [-0.3, -0.25) is 4.79 Å². The number of carbonyl (C=O) groups is 2. The van der Waals surface area contributed by atoms with E-state index >= 15 is 0 Å². The molecule has 0 aliphatic carbocycles. The van der Waals surface area contributed by atoms with Gasteiger partial charge in [-0.15, -0.1) is 0 Å². The molecule has 0 saturated heterocycles. The van der Waals surface area contributed by atoms with Gasteiger partial charge in [-0.1, -0.05) is 30.3 Å². The van der Waals surface area contributed by atoms with E-state index < -0.39 is 0 Å². The lowest BCUT2D eigenvalue weighted by molar-refractivity contribution is -0.133. The van der Waals surface area contributed by atoms with Crippen molar-refractivity contribution in [1.82, 2.24) is 0 Å². The van der Waals surface area contributed by atoms with Crippen LogP contribution in [0.1, 0.15) is 11.1 Å². The molecule has 0 fully saturated rings. The van der Waals surface area contributed by atoms with Gasteiger partial charge < -0.3 is 15.0 Å². The molecule has 1 aliphatic rings. The summed E-state index contributed by atoms with van der Waals surface area (Å²) in [6.07, 6.45) is 0. The minimum Gasteiger partial charge on any atom is -0.423 e. The fourth-order valence-corrected chi connectivity index (χ4v) is 2.71. The van der Waals surface area contributed by atoms with Gasteiger partial charge >= 0.3 is 5.97 Å². The lowest BCUT2D eigenvalue weighted by Crippen LogP contribution is -2.41. The van der Waals surface area contributed by atoms with E-state index in [1.54, 1.807) is 17.0 Å². The van der Waals surface area contributed by atoms with Crippen molar-refractivity contribution in [3.8, 4) is 5.75 Å². The van der Waals surface area contributed by atoms with Crippen LogP contribution < -0.4 is 15.0 Å². The van der Waals surface area contributed by atoms with E-state index in [0.717, 1.165) is 22.5 Å². The van der Waals surface area contributed by atoms with Crippen molar-refractivity contribution in [3.63, 3.8) is 0 Å². The maximum absolute atomic E-state index is 12.4. The van der Waals surface area contributed by atoms with Crippen LogP contribution in [0.2, 0.25) is 0 Å². The Labute approximate surface area is 134 Å². The van der Waals surface area contributed by atoms with Crippen LogP contribution in [0.25, 0.3) is 0 Å². The quantitative estimate of drug-likeness (QED) is 0.699. The third kappa shape index (κ3) is 3.18. The summed E-state index contributed by atoms with van der Waals surface area (Å²) in [4.78, 5) is 25.8. The van der Waals surface area contributed by atoms with E-state index in [4.69, 9.17) is 4.74 Å². The van der Waals surface area contributed by atoms with E-state index in [2.05, 4.69) is 5.32 Å². The molecule has 0 radical (unpaired) electrons. The van der Waals surface area contributed by atoms with Crippen LogP contribution in [0.3, 0.4) is 0 Å².